The molecule has 8 heteroatoms. The zero-order chi connectivity index (χ0) is 18.4. The average molecular weight is 417 g/mol. The van der Waals surface area contributed by atoms with Crippen molar-refractivity contribution in [1.82, 2.24) is 15.3 Å². The van der Waals surface area contributed by atoms with E-state index in [1.807, 2.05) is 50.2 Å². The lowest BCUT2D eigenvalue weighted by molar-refractivity contribution is -0.116. The molecule has 2 aromatic rings. The normalized spacial score (nSPS) is 13.0. The van der Waals surface area contributed by atoms with Gasteiger partial charge in [0, 0.05) is 17.5 Å². The number of nitrogens with one attached hydrogen (secondary N) is 1. The van der Waals surface area contributed by atoms with Crippen LogP contribution in [-0.2, 0) is 4.79 Å². The minimum absolute atomic E-state index is 0.378. The van der Waals surface area contributed by atoms with Gasteiger partial charge in [0.25, 0.3) is 0 Å². The zero-order valence-corrected chi connectivity index (χ0v) is 16.6. The third-order valence-electron chi connectivity index (χ3n) is 2.98. The van der Waals surface area contributed by atoms with E-state index in [9.17, 15) is 4.79 Å². The zero-order valence-electron chi connectivity index (χ0n) is 13.5. The first-order valence-corrected chi connectivity index (χ1v) is 9.34. The minimum atomic E-state index is -1.72. The molecule has 0 aliphatic rings. The molecule has 1 atom stereocenters. The topological polar surface area (TPSA) is 54.9 Å². The number of hydrogen-bond donors (Lipinski definition) is 1. The molecule has 1 aromatic heterocycles. The van der Waals surface area contributed by atoms with Gasteiger partial charge in [-0.15, -0.1) is 0 Å². The Morgan fingerprint density at radius 1 is 1.16 bits per heavy atom. The molecule has 0 bridgehead atoms. The molecule has 0 saturated carbocycles. The van der Waals surface area contributed by atoms with E-state index in [1.165, 1.54) is 6.08 Å². The van der Waals surface area contributed by atoms with Crippen molar-refractivity contribution in [3.63, 3.8) is 0 Å². The SMILES string of the molecule is Cc1cc(C)nc(SC(NC(=O)/C=C/c2ccccc2)C(Cl)(Cl)Cl)n1. The Morgan fingerprint density at radius 3 is 2.32 bits per heavy atom. The molecule has 1 N–H and O–H groups in total. The summed E-state index contributed by atoms with van der Waals surface area (Å²) in [5.41, 5.74) is 2.50. The fourth-order valence-electron chi connectivity index (χ4n) is 1.94. The van der Waals surface area contributed by atoms with Crippen molar-refractivity contribution < 1.29 is 4.79 Å². The Bertz CT molecular complexity index is 743. The molecule has 132 valence electrons. The molecule has 0 fully saturated rings. The quantitative estimate of drug-likeness (QED) is 0.252. The maximum atomic E-state index is 12.2. The number of aryl methyl sites for hydroxylation is 2. The number of amides is 1. The molecule has 1 heterocycles. The number of hydrogen-bond acceptors (Lipinski definition) is 4. The third-order valence-corrected chi connectivity index (χ3v) is 5.13. The van der Waals surface area contributed by atoms with Crippen molar-refractivity contribution in [3.8, 4) is 0 Å². The van der Waals surface area contributed by atoms with Gasteiger partial charge in [-0.05, 0) is 31.6 Å². The van der Waals surface area contributed by atoms with Crippen LogP contribution in [-0.4, -0.2) is 25.0 Å². The van der Waals surface area contributed by atoms with Crippen molar-refractivity contribution in [2.45, 2.75) is 28.2 Å². The van der Waals surface area contributed by atoms with Gasteiger partial charge in [0.1, 0.15) is 5.37 Å². The van der Waals surface area contributed by atoms with Crippen LogP contribution < -0.4 is 5.32 Å². The Hall–Kier alpha value is -1.27. The van der Waals surface area contributed by atoms with Crippen molar-refractivity contribution in [1.29, 1.82) is 0 Å². The first-order valence-electron chi connectivity index (χ1n) is 7.33. The predicted octanol–water partition coefficient (Wildman–Crippen LogP) is 4.71. The number of alkyl halides is 3. The second kappa shape index (κ2) is 8.90. The Balaban J connectivity index is 2.10. The smallest absolute Gasteiger partial charge is 0.245 e. The first kappa shape index (κ1) is 20.0. The van der Waals surface area contributed by atoms with Gasteiger partial charge in [0.15, 0.2) is 5.16 Å². The number of aromatic nitrogens is 2. The van der Waals surface area contributed by atoms with Crippen LogP contribution in [0.3, 0.4) is 0 Å². The van der Waals surface area contributed by atoms with Crippen molar-refractivity contribution in [2.75, 3.05) is 0 Å². The van der Waals surface area contributed by atoms with E-state index in [2.05, 4.69) is 15.3 Å². The first-order chi connectivity index (χ1) is 11.7. The Morgan fingerprint density at radius 2 is 1.76 bits per heavy atom. The van der Waals surface area contributed by atoms with Crippen molar-refractivity contribution in [3.05, 3.63) is 59.4 Å². The van der Waals surface area contributed by atoms with E-state index in [0.29, 0.717) is 5.16 Å². The van der Waals surface area contributed by atoms with Crippen LogP contribution in [0, 0.1) is 13.8 Å². The molecule has 25 heavy (non-hydrogen) atoms. The van der Waals surface area contributed by atoms with Crippen LogP contribution in [0.25, 0.3) is 6.08 Å². The molecule has 1 amide bonds. The van der Waals surface area contributed by atoms with Gasteiger partial charge in [0.2, 0.25) is 9.70 Å². The number of carbonyl (C=O) groups excluding carboxylic acids is 1. The fraction of sp³-hybridized carbons (Fsp3) is 0.235. The van der Waals surface area contributed by atoms with Gasteiger partial charge in [-0.1, -0.05) is 76.9 Å². The predicted molar refractivity (Wildman–Crippen MR) is 105 cm³/mol. The molecule has 1 unspecified atom stereocenters. The third kappa shape index (κ3) is 6.86. The van der Waals surface area contributed by atoms with E-state index in [1.54, 1.807) is 6.08 Å². The highest BCUT2D eigenvalue weighted by atomic mass is 35.6. The standard InChI is InChI=1S/C17H16Cl3N3OS/c1-11-10-12(2)22-16(21-11)25-15(17(18,19)20)23-14(24)9-8-13-6-4-3-5-7-13/h3-10,15H,1-2H3,(H,23,24)/b9-8+. The summed E-state index contributed by atoms with van der Waals surface area (Å²) in [5.74, 6) is -0.378. The maximum absolute atomic E-state index is 12.2. The van der Waals surface area contributed by atoms with E-state index in [-0.39, 0.29) is 5.91 Å². The van der Waals surface area contributed by atoms with E-state index < -0.39 is 9.17 Å². The van der Waals surface area contributed by atoms with Gasteiger partial charge in [-0.2, -0.15) is 0 Å². The second-order valence-electron chi connectivity index (χ2n) is 5.23. The van der Waals surface area contributed by atoms with Crippen LogP contribution in [0.1, 0.15) is 17.0 Å². The Kier molecular flexibility index (Phi) is 7.14. The molecule has 0 aliphatic heterocycles. The number of carbonyl (C=O) groups is 1. The van der Waals surface area contributed by atoms with Gasteiger partial charge in [-0.25, -0.2) is 9.97 Å². The molecular weight excluding hydrogens is 401 g/mol. The van der Waals surface area contributed by atoms with E-state index >= 15 is 0 Å². The lowest BCUT2D eigenvalue weighted by Crippen LogP contribution is -2.40. The molecule has 1 aromatic carbocycles. The summed E-state index contributed by atoms with van der Waals surface area (Å²) in [6.07, 6.45) is 3.07. The van der Waals surface area contributed by atoms with Crippen LogP contribution in [0.15, 0.2) is 47.6 Å². The van der Waals surface area contributed by atoms with Gasteiger partial charge in [0.05, 0.1) is 0 Å². The van der Waals surface area contributed by atoms with E-state index in [4.69, 9.17) is 34.8 Å². The largest absolute Gasteiger partial charge is 0.336 e. The van der Waals surface area contributed by atoms with Gasteiger partial charge >= 0.3 is 0 Å². The number of halogens is 3. The van der Waals surface area contributed by atoms with Gasteiger partial charge < -0.3 is 5.32 Å². The van der Waals surface area contributed by atoms with Crippen LogP contribution in [0.4, 0.5) is 0 Å². The fourth-order valence-corrected chi connectivity index (χ4v) is 3.42. The average Bonchev–Trinajstić information content (AvgIpc) is 2.51. The lowest BCUT2D eigenvalue weighted by Gasteiger charge is -2.23. The highest BCUT2D eigenvalue weighted by molar-refractivity contribution is 8.00. The van der Waals surface area contributed by atoms with Crippen molar-refractivity contribution in [2.24, 2.45) is 0 Å². The summed E-state index contributed by atoms with van der Waals surface area (Å²) >= 11 is 19.1. The van der Waals surface area contributed by atoms with Crippen LogP contribution in [0.2, 0.25) is 0 Å². The summed E-state index contributed by atoms with van der Waals surface area (Å²) < 4.78 is -1.72. The van der Waals surface area contributed by atoms with Gasteiger partial charge in [-0.3, -0.25) is 4.79 Å². The maximum Gasteiger partial charge on any atom is 0.245 e. The summed E-state index contributed by atoms with van der Waals surface area (Å²) in [5, 5.41) is 2.27. The second-order valence-corrected chi connectivity index (χ2v) is 8.67. The molecule has 2 rings (SSSR count). The highest BCUT2D eigenvalue weighted by Crippen LogP contribution is 2.38. The Labute approximate surface area is 166 Å². The van der Waals surface area contributed by atoms with E-state index in [0.717, 1.165) is 28.7 Å². The monoisotopic (exact) mass is 415 g/mol. The minimum Gasteiger partial charge on any atom is -0.336 e. The van der Waals surface area contributed by atoms with Crippen molar-refractivity contribution >= 4 is 58.5 Å². The number of benzene rings is 1. The summed E-state index contributed by atoms with van der Waals surface area (Å²) in [6.45, 7) is 3.70. The molecule has 0 saturated heterocycles. The summed E-state index contributed by atoms with van der Waals surface area (Å²) in [7, 11) is 0. The molecule has 0 spiro atoms. The molecular formula is C17H16Cl3N3OS. The van der Waals surface area contributed by atoms with Crippen LogP contribution in [0.5, 0.6) is 0 Å². The highest BCUT2D eigenvalue weighted by Gasteiger charge is 2.35. The lowest BCUT2D eigenvalue weighted by atomic mass is 10.2. The molecule has 0 radical (unpaired) electrons. The number of thioether (sulfide) groups is 1. The number of rotatable bonds is 5. The summed E-state index contributed by atoms with van der Waals surface area (Å²) in [4.78, 5) is 20.8. The molecule has 4 nitrogen and oxygen atoms in total. The summed E-state index contributed by atoms with van der Waals surface area (Å²) in [6, 6.07) is 11.3. The molecule has 0 aliphatic carbocycles. The van der Waals surface area contributed by atoms with Crippen LogP contribution >= 0.6 is 46.6 Å². The number of nitrogens with zero attached hydrogens (tertiary/aromatic N) is 2.